The van der Waals surface area contributed by atoms with Crippen LogP contribution in [0.15, 0.2) is 22.7 Å². The van der Waals surface area contributed by atoms with Crippen molar-refractivity contribution in [3.8, 4) is 0 Å². The van der Waals surface area contributed by atoms with Crippen LogP contribution in [0.1, 0.15) is 0 Å². The van der Waals surface area contributed by atoms with Gasteiger partial charge in [-0.15, -0.1) is 0 Å². The number of anilines is 1. The molecule has 78 valence electrons. The molecule has 0 fully saturated rings. The van der Waals surface area contributed by atoms with Gasteiger partial charge in [0.25, 0.3) is 0 Å². The summed E-state index contributed by atoms with van der Waals surface area (Å²) in [6.07, 6.45) is 0. The normalized spacial score (nSPS) is 12.6. The van der Waals surface area contributed by atoms with E-state index in [9.17, 15) is 0 Å². The highest BCUT2D eigenvalue weighted by Crippen LogP contribution is 2.25. The second kappa shape index (κ2) is 5.56. The number of halogens is 2. The van der Waals surface area contributed by atoms with Gasteiger partial charge in [0, 0.05) is 16.7 Å². The Balaban J connectivity index is 2.72. The third kappa shape index (κ3) is 3.13. The molecule has 0 amide bonds. The molecular weight excluding hydrogens is 267 g/mol. The van der Waals surface area contributed by atoms with Gasteiger partial charge in [-0.2, -0.15) is 0 Å². The summed E-state index contributed by atoms with van der Waals surface area (Å²) in [5.41, 5.74) is 6.28. The Kier molecular flexibility index (Phi) is 4.68. The van der Waals surface area contributed by atoms with Crippen LogP contribution in [-0.2, 0) is 0 Å². The summed E-state index contributed by atoms with van der Waals surface area (Å²) in [5.74, 6) is 0. The third-order valence-electron chi connectivity index (χ3n) is 1.80. The fourth-order valence-corrected chi connectivity index (χ4v) is 1.43. The number of hydrogen-bond acceptors (Lipinski definition) is 3. The van der Waals surface area contributed by atoms with Crippen LogP contribution in [-0.4, -0.2) is 24.3 Å². The first-order valence-electron chi connectivity index (χ1n) is 4.20. The average molecular weight is 280 g/mol. The van der Waals surface area contributed by atoms with Crippen LogP contribution in [0.2, 0.25) is 5.02 Å². The molecule has 4 N–H and O–H groups in total. The third-order valence-corrected chi connectivity index (χ3v) is 3.03. The van der Waals surface area contributed by atoms with Crippen molar-refractivity contribution < 1.29 is 5.11 Å². The van der Waals surface area contributed by atoms with Crippen LogP contribution in [0.4, 0.5) is 5.69 Å². The molecule has 0 heterocycles. The Morgan fingerprint density at radius 3 is 2.79 bits per heavy atom. The van der Waals surface area contributed by atoms with Gasteiger partial charge in [0.1, 0.15) is 0 Å². The van der Waals surface area contributed by atoms with Crippen LogP contribution in [0.5, 0.6) is 0 Å². The van der Waals surface area contributed by atoms with Crippen LogP contribution >= 0.6 is 27.5 Å². The first kappa shape index (κ1) is 11.8. The lowest BCUT2D eigenvalue weighted by atomic mass is 10.2. The second-order valence-corrected chi connectivity index (χ2v) is 4.15. The maximum atomic E-state index is 8.93. The zero-order chi connectivity index (χ0) is 10.6. The van der Waals surface area contributed by atoms with Crippen molar-refractivity contribution >= 4 is 33.2 Å². The minimum atomic E-state index is -0.132. The van der Waals surface area contributed by atoms with Crippen LogP contribution in [0.25, 0.3) is 0 Å². The van der Waals surface area contributed by atoms with E-state index in [2.05, 4.69) is 21.2 Å². The Bertz CT molecular complexity index is 305. The number of benzene rings is 1. The van der Waals surface area contributed by atoms with E-state index in [1.54, 1.807) is 6.07 Å². The summed E-state index contributed by atoms with van der Waals surface area (Å²) >= 11 is 9.20. The lowest BCUT2D eigenvalue weighted by Crippen LogP contribution is -2.32. The fraction of sp³-hybridized carbons (Fsp3) is 0.333. The van der Waals surface area contributed by atoms with Gasteiger partial charge >= 0.3 is 0 Å². The van der Waals surface area contributed by atoms with Gasteiger partial charge in [-0.1, -0.05) is 11.6 Å². The van der Waals surface area contributed by atoms with Crippen molar-refractivity contribution in [3.63, 3.8) is 0 Å². The van der Waals surface area contributed by atoms with Crippen molar-refractivity contribution in [3.05, 3.63) is 27.7 Å². The lowest BCUT2D eigenvalue weighted by molar-refractivity contribution is 0.276. The molecule has 5 heteroatoms. The predicted octanol–water partition coefficient (Wildman–Crippen LogP) is 1.83. The molecule has 1 unspecified atom stereocenters. The van der Waals surface area contributed by atoms with Crippen molar-refractivity contribution in [1.29, 1.82) is 0 Å². The fourth-order valence-electron chi connectivity index (χ4n) is 1.00. The van der Waals surface area contributed by atoms with Crippen molar-refractivity contribution in [1.82, 2.24) is 0 Å². The molecule has 1 rings (SSSR count). The first-order valence-corrected chi connectivity index (χ1v) is 5.37. The van der Waals surface area contributed by atoms with Crippen LogP contribution in [0, 0.1) is 0 Å². The van der Waals surface area contributed by atoms with Gasteiger partial charge < -0.3 is 16.2 Å². The van der Waals surface area contributed by atoms with Gasteiger partial charge in [-0.05, 0) is 34.1 Å². The first-order chi connectivity index (χ1) is 6.67. The van der Waals surface area contributed by atoms with Gasteiger partial charge in [-0.3, -0.25) is 0 Å². The molecule has 0 saturated heterocycles. The Hall–Kier alpha value is -0.290. The Labute approximate surface area is 96.4 Å². The standard InChI is InChI=1S/C9H12BrClN2O/c10-8-2-1-6(3-9(8)11)13-7(4-12)5-14/h1-3,7,13-14H,4-5,12H2. The summed E-state index contributed by atoms with van der Waals surface area (Å²) in [7, 11) is 0. The molecule has 0 bridgehead atoms. The Morgan fingerprint density at radius 2 is 2.29 bits per heavy atom. The molecule has 0 saturated carbocycles. The molecule has 3 nitrogen and oxygen atoms in total. The van der Waals surface area contributed by atoms with Gasteiger partial charge in [0.05, 0.1) is 17.7 Å². The summed E-state index contributed by atoms with van der Waals surface area (Å²) in [6, 6.07) is 5.36. The predicted molar refractivity (Wildman–Crippen MR) is 62.7 cm³/mol. The maximum Gasteiger partial charge on any atom is 0.0645 e. The van der Waals surface area contributed by atoms with E-state index in [1.807, 2.05) is 12.1 Å². The van der Waals surface area contributed by atoms with Crippen molar-refractivity contribution in [2.75, 3.05) is 18.5 Å². The number of rotatable bonds is 4. The maximum absolute atomic E-state index is 8.93. The van der Waals surface area contributed by atoms with Gasteiger partial charge in [0.2, 0.25) is 0 Å². The molecule has 0 aromatic heterocycles. The van der Waals surface area contributed by atoms with Gasteiger partial charge in [0.15, 0.2) is 0 Å². The number of aliphatic hydroxyl groups is 1. The molecule has 1 aromatic carbocycles. The van der Waals surface area contributed by atoms with Crippen molar-refractivity contribution in [2.24, 2.45) is 5.73 Å². The summed E-state index contributed by atoms with van der Waals surface area (Å²) < 4.78 is 0.845. The minimum Gasteiger partial charge on any atom is -0.394 e. The summed E-state index contributed by atoms with van der Waals surface area (Å²) in [4.78, 5) is 0. The number of hydrogen-bond donors (Lipinski definition) is 3. The number of aliphatic hydroxyl groups excluding tert-OH is 1. The number of nitrogens with two attached hydrogens (primary N) is 1. The van der Waals surface area contributed by atoms with Gasteiger partial charge in [-0.25, -0.2) is 0 Å². The van der Waals surface area contributed by atoms with Crippen molar-refractivity contribution in [2.45, 2.75) is 6.04 Å². The topological polar surface area (TPSA) is 58.3 Å². The Morgan fingerprint density at radius 1 is 1.57 bits per heavy atom. The van der Waals surface area contributed by atoms with E-state index in [-0.39, 0.29) is 12.6 Å². The van der Waals surface area contributed by atoms with E-state index in [0.717, 1.165) is 10.2 Å². The summed E-state index contributed by atoms with van der Waals surface area (Å²) in [6.45, 7) is 0.383. The van der Waals surface area contributed by atoms with Crippen LogP contribution in [0.3, 0.4) is 0 Å². The molecule has 0 aliphatic rings. The zero-order valence-electron chi connectivity index (χ0n) is 7.50. The SMILES string of the molecule is NCC(CO)Nc1ccc(Br)c(Cl)c1. The highest BCUT2D eigenvalue weighted by atomic mass is 79.9. The molecule has 0 aliphatic carbocycles. The molecule has 1 aromatic rings. The molecule has 0 radical (unpaired) electrons. The van der Waals surface area contributed by atoms with E-state index in [1.165, 1.54) is 0 Å². The molecule has 0 spiro atoms. The lowest BCUT2D eigenvalue weighted by Gasteiger charge is -2.15. The van der Waals surface area contributed by atoms with E-state index >= 15 is 0 Å². The second-order valence-electron chi connectivity index (χ2n) is 2.89. The quantitative estimate of drug-likeness (QED) is 0.788. The largest absolute Gasteiger partial charge is 0.394 e. The van der Waals surface area contributed by atoms with E-state index < -0.39 is 0 Å². The molecule has 14 heavy (non-hydrogen) atoms. The average Bonchev–Trinajstić information content (AvgIpc) is 2.19. The van der Waals surface area contributed by atoms with E-state index in [0.29, 0.717) is 11.6 Å². The molecule has 1 atom stereocenters. The number of nitrogens with one attached hydrogen (secondary N) is 1. The highest BCUT2D eigenvalue weighted by Gasteiger charge is 2.05. The minimum absolute atomic E-state index is 0.00415. The molecular formula is C9H12BrClN2O. The summed E-state index contributed by atoms with van der Waals surface area (Å²) in [5, 5.41) is 12.6. The smallest absolute Gasteiger partial charge is 0.0645 e. The monoisotopic (exact) mass is 278 g/mol. The zero-order valence-corrected chi connectivity index (χ0v) is 9.85. The van der Waals surface area contributed by atoms with E-state index in [4.69, 9.17) is 22.4 Å². The highest BCUT2D eigenvalue weighted by molar-refractivity contribution is 9.10. The molecule has 0 aliphatic heterocycles. The van der Waals surface area contributed by atoms with Crippen LogP contribution < -0.4 is 11.1 Å².